The number of thiophene rings is 1. The molecular weight excluding hydrogens is 340 g/mol. The van der Waals surface area contributed by atoms with Crippen LogP contribution in [0.1, 0.15) is 16.2 Å². The molecule has 0 unspecified atom stereocenters. The zero-order valence-electron chi connectivity index (χ0n) is 12.9. The van der Waals surface area contributed by atoms with Crippen LogP contribution in [0, 0.1) is 0 Å². The Kier molecular flexibility index (Phi) is 4.05. The van der Waals surface area contributed by atoms with E-state index in [1.807, 2.05) is 35.7 Å². The van der Waals surface area contributed by atoms with Gasteiger partial charge in [-0.15, -0.1) is 16.4 Å². The number of carbonyl (C=O) groups is 1. The summed E-state index contributed by atoms with van der Waals surface area (Å²) in [5.74, 6) is 0.317. The van der Waals surface area contributed by atoms with Gasteiger partial charge in [0.1, 0.15) is 6.33 Å². The van der Waals surface area contributed by atoms with Crippen LogP contribution < -0.4 is 5.32 Å². The minimum absolute atomic E-state index is 0.171. The molecule has 0 aliphatic rings. The Balaban J connectivity index is 1.43. The summed E-state index contributed by atoms with van der Waals surface area (Å²) in [5.41, 5.74) is 1.02. The molecule has 9 heteroatoms. The molecule has 0 atom stereocenters. The fraction of sp³-hybridized carbons (Fsp3) is 0.0625. The highest BCUT2D eigenvalue weighted by Gasteiger charge is 2.16. The Bertz CT molecular complexity index is 977. The van der Waals surface area contributed by atoms with Crippen LogP contribution in [0.25, 0.3) is 10.6 Å². The van der Waals surface area contributed by atoms with Crippen LogP contribution in [0.4, 0.5) is 5.95 Å². The van der Waals surface area contributed by atoms with Crippen molar-refractivity contribution in [3.05, 3.63) is 65.7 Å². The average Bonchev–Trinajstić information content (AvgIpc) is 3.37. The summed E-state index contributed by atoms with van der Waals surface area (Å²) in [6.07, 6.45) is 3.24. The normalized spacial score (nSPS) is 10.7. The third-order valence-corrected chi connectivity index (χ3v) is 4.20. The largest absolute Gasteiger partial charge is 0.355 e. The molecule has 4 heterocycles. The Hall–Kier alpha value is -3.33. The van der Waals surface area contributed by atoms with Gasteiger partial charge in [0.2, 0.25) is 5.95 Å². The first-order chi connectivity index (χ1) is 12.3. The Morgan fingerprint density at radius 1 is 1.24 bits per heavy atom. The summed E-state index contributed by atoms with van der Waals surface area (Å²) in [6.45, 7) is 0.468. The second kappa shape index (κ2) is 6.65. The van der Waals surface area contributed by atoms with Crippen LogP contribution in [0.2, 0.25) is 0 Å². The molecule has 0 fully saturated rings. The molecule has 4 aromatic rings. The van der Waals surface area contributed by atoms with Crippen molar-refractivity contribution in [1.82, 2.24) is 24.9 Å². The van der Waals surface area contributed by atoms with Gasteiger partial charge in [-0.2, -0.15) is 0 Å². The van der Waals surface area contributed by atoms with Gasteiger partial charge >= 0.3 is 0 Å². The first-order valence-electron chi connectivity index (χ1n) is 7.39. The average molecular weight is 352 g/mol. The van der Waals surface area contributed by atoms with E-state index in [9.17, 15) is 4.79 Å². The molecule has 0 radical (unpaired) electrons. The summed E-state index contributed by atoms with van der Waals surface area (Å²) >= 11 is 1.51. The first-order valence-corrected chi connectivity index (χ1v) is 8.27. The van der Waals surface area contributed by atoms with Crippen molar-refractivity contribution < 1.29 is 9.32 Å². The number of nitrogens with one attached hydrogen (secondary N) is 1. The Morgan fingerprint density at radius 2 is 2.20 bits per heavy atom. The van der Waals surface area contributed by atoms with Crippen molar-refractivity contribution in [3.63, 3.8) is 0 Å². The standard InChI is InChI=1S/C16H12N6O2S/c23-15(12-8-13(24-21-12)14-5-3-7-25-14)19-16-18-10-22(20-16)9-11-4-1-2-6-17-11/h1-8,10H,9H2,(H,19,20,23). The summed E-state index contributed by atoms with van der Waals surface area (Å²) < 4.78 is 6.79. The molecule has 0 saturated heterocycles. The van der Waals surface area contributed by atoms with Crippen LogP contribution in [0.15, 0.2) is 58.8 Å². The number of rotatable bonds is 5. The van der Waals surface area contributed by atoms with E-state index in [0.717, 1.165) is 10.6 Å². The third-order valence-electron chi connectivity index (χ3n) is 3.32. The zero-order chi connectivity index (χ0) is 17.1. The van der Waals surface area contributed by atoms with Gasteiger partial charge in [-0.25, -0.2) is 9.67 Å². The Morgan fingerprint density at radius 3 is 3.00 bits per heavy atom. The highest BCUT2D eigenvalue weighted by Crippen LogP contribution is 2.25. The van der Waals surface area contributed by atoms with Gasteiger partial charge in [-0.05, 0) is 23.6 Å². The second-order valence-corrected chi connectivity index (χ2v) is 6.04. The molecule has 4 rings (SSSR count). The number of hydrogen-bond donors (Lipinski definition) is 1. The van der Waals surface area contributed by atoms with E-state index in [1.165, 1.54) is 17.7 Å². The van der Waals surface area contributed by atoms with Crippen LogP contribution in [-0.2, 0) is 6.54 Å². The fourth-order valence-electron chi connectivity index (χ4n) is 2.17. The van der Waals surface area contributed by atoms with Crippen molar-refractivity contribution in [2.45, 2.75) is 6.54 Å². The molecule has 0 saturated carbocycles. The predicted molar refractivity (Wildman–Crippen MR) is 91.1 cm³/mol. The minimum atomic E-state index is -0.429. The predicted octanol–water partition coefficient (Wildman–Crippen LogP) is 2.69. The van der Waals surface area contributed by atoms with Gasteiger partial charge < -0.3 is 4.52 Å². The summed E-state index contributed by atoms with van der Waals surface area (Å²) in [6, 6.07) is 11.0. The molecule has 124 valence electrons. The number of amides is 1. The van der Waals surface area contributed by atoms with Gasteiger partial charge in [0.15, 0.2) is 11.5 Å². The number of hydrogen-bond acceptors (Lipinski definition) is 7. The molecule has 4 aromatic heterocycles. The van der Waals surface area contributed by atoms with E-state index in [-0.39, 0.29) is 11.6 Å². The lowest BCUT2D eigenvalue weighted by Crippen LogP contribution is -2.13. The van der Waals surface area contributed by atoms with Crippen molar-refractivity contribution in [2.75, 3.05) is 5.32 Å². The monoisotopic (exact) mass is 352 g/mol. The minimum Gasteiger partial charge on any atom is -0.355 e. The zero-order valence-corrected chi connectivity index (χ0v) is 13.7. The van der Waals surface area contributed by atoms with E-state index in [2.05, 4.69) is 25.5 Å². The molecule has 25 heavy (non-hydrogen) atoms. The van der Waals surface area contributed by atoms with Crippen molar-refractivity contribution in [1.29, 1.82) is 0 Å². The molecule has 0 bridgehead atoms. The lowest BCUT2D eigenvalue weighted by atomic mass is 10.3. The number of nitrogens with zero attached hydrogens (tertiary/aromatic N) is 5. The summed E-state index contributed by atoms with van der Waals surface area (Å²) in [5, 5.41) is 12.5. The lowest BCUT2D eigenvalue weighted by molar-refractivity contribution is 0.101. The maximum Gasteiger partial charge on any atom is 0.280 e. The topological polar surface area (TPSA) is 98.7 Å². The molecule has 1 amide bonds. The van der Waals surface area contributed by atoms with E-state index in [1.54, 1.807) is 16.9 Å². The molecule has 0 aliphatic heterocycles. The summed E-state index contributed by atoms with van der Waals surface area (Å²) in [4.78, 5) is 21.4. The van der Waals surface area contributed by atoms with E-state index < -0.39 is 5.91 Å². The molecule has 0 aromatic carbocycles. The van der Waals surface area contributed by atoms with E-state index in [0.29, 0.717) is 12.3 Å². The maximum atomic E-state index is 12.2. The van der Waals surface area contributed by atoms with E-state index in [4.69, 9.17) is 4.52 Å². The highest BCUT2D eigenvalue weighted by atomic mass is 32.1. The molecular formula is C16H12N6O2S. The molecule has 0 aliphatic carbocycles. The van der Waals surface area contributed by atoms with Crippen LogP contribution in [-0.4, -0.2) is 30.8 Å². The molecule has 0 spiro atoms. The molecule has 8 nitrogen and oxygen atoms in total. The van der Waals surface area contributed by atoms with Gasteiger partial charge in [0.25, 0.3) is 5.91 Å². The van der Waals surface area contributed by atoms with Gasteiger partial charge in [-0.1, -0.05) is 17.3 Å². The number of carbonyl (C=O) groups excluding carboxylic acids is 1. The van der Waals surface area contributed by atoms with Gasteiger partial charge in [0, 0.05) is 12.3 Å². The molecule has 1 N–H and O–H groups in total. The summed E-state index contributed by atoms with van der Waals surface area (Å²) in [7, 11) is 0. The van der Waals surface area contributed by atoms with Crippen molar-refractivity contribution in [2.24, 2.45) is 0 Å². The Labute approximate surface area is 146 Å². The third kappa shape index (κ3) is 3.45. The quantitative estimate of drug-likeness (QED) is 0.593. The van der Waals surface area contributed by atoms with Crippen LogP contribution >= 0.6 is 11.3 Å². The number of aromatic nitrogens is 5. The second-order valence-electron chi connectivity index (χ2n) is 5.09. The van der Waals surface area contributed by atoms with Gasteiger partial charge in [0.05, 0.1) is 17.1 Å². The van der Waals surface area contributed by atoms with Crippen LogP contribution in [0.3, 0.4) is 0 Å². The van der Waals surface area contributed by atoms with Crippen molar-refractivity contribution in [3.8, 4) is 10.6 Å². The lowest BCUT2D eigenvalue weighted by Gasteiger charge is -1.99. The first kappa shape index (κ1) is 15.2. The van der Waals surface area contributed by atoms with Crippen molar-refractivity contribution >= 4 is 23.2 Å². The SMILES string of the molecule is O=C(Nc1ncn(Cc2ccccn2)n1)c1cc(-c2cccs2)on1. The maximum absolute atomic E-state index is 12.2. The fourth-order valence-corrected chi connectivity index (χ4v) is 2.84. The van der Waals surface area contributed by atoms with Crippen LogP contribution in [0.5, 0.6) is 0 Å². The highest BCUT2D eigenvalue weighted by molar-refractivity contribution is 7.13. The number of anilines is 1. The van der Waals surface area contributed by atoms with Gasteiger partial charge in [-0.3, -0.25) is 15.1 Å². The smallest absolute Gasteiger partial charge is 0.280 e. The number of pyridine rings is 1. The van der Waals surface area contributed by atoms with E-state index >= 15 is 0 Å².